The van der Waals surface area contributed by atoms with Crippen molar-refractivity contribution in [1.82, 2.24) is 14.9 Å². The van der Waals surface area contributed by atoms with Gasteiger partial charge in [0.25, 0.3) is 0 Å². The van der Waals surface area contributed by atoms with Crippen LogP contribution in [0.3, 0.4) is 0 Å². The first-order valence-corrected chi connectivity index (χ1v) is 11.9. The maximum Gasteiger partial charge on any atom is 0.573 e. The average Bonchev–Trinajstić information content (AvgIpc) is 3.09. The molecule has 2 N–H and O–H groups in total. The topological polar surface area (TPSA) is 90.8 Å². The first-order chi connectivity index (χ1) is 17.7. The third-order valence-electron chi connectivity index (χ3n) is 5.97. The molecule has 1 aromatic heterocycles. The number of hydrogen-bond acceptors (Lipinski definition) is 7. The number of ether oxygens (including phenoxy) is 1. The van der Waals surface area contributed by atoms with Crippen LogP contribution in [0.4, 0.5) is 24.8 Å². The third kappa shape index (κ3) is 7.40. The van der Waals surface area contributed by atoms with Crippen molar-refractivity contribution in [2.75, 3.05) is 49.5 Å². The minimum atomic E-state index is -4.75. The number of halogens is 3. The Kier molecular flexibility index (Phi) is 8.24. The van der Waals surface area contributed by atoms with Gasteiger partial charge in [0.15, 0.2) is 0 Å². The number of aliphatic hydroxyl groups is 1. The molecule has 0 saturated carbocycles. The Bertz CT molecular complexity index is 1260. The van der Waals surface area contributed by atoms with E-state index in [1.165, 1.54) is 36.4 Å². The first-order valence-electron chi connectivity index (χ1n) is 11.9. The minimum Gasteiger partial charge on any atom is -0.406 e. The highest BCUT2D eigenvalue weighted by Gasteiger charge is 2.30. The smallest absolute Gasteiger partial charge is 0.406 e. The number of hydrogen-bond donors (Lipinski definition) is 2. The summed E-state index contributed by atoms with van der Waals surface area (Å²) in [7, 11) is 0. The molecule has 0 spiro atoms. The second kappa shape index (κ2) is 11.6. The summed E-state index contributed by atoms with van der Waals surface area (Å²) >= 11 is 0. The molecule has 2 aromatic carbocycles. The number of amides is 1. The SMILES string of the molecule is Cc1nc(N2CCCN(CCO)CC2)nc2ccc(NC(=O)/C=C/c3ccc(OC(F)(F)F)cc3)cc12. The Hall–Kier alpha value is -3.70. The predicted octanol–water partition coefficient (Wildman–Crippen LogP) is 3.99. The first kappa shape index (κ1) is 26.4. The maximum atomic E-state index is 12.4. The standard InChI is InChI=1S/C26H28F3N5O3/c1-18-22-17-20(31-24(36)10-5-19-3-7-21(8-4-19)37-26(27,28)29)6-9-23(22)32-25(30-18)34-12-2-11-33(13-14-34)15-16-35/h3-10,17,35H,2,11-16H2,1H3,(H,31,36)/b10-5+. The molecule has 1 fully saturated rings. The van der Waals surface area contributed by atoms with Crippen LogP contribution < -0.4 is 15.0 Å². The van der Waals surface area contributed by atoms with E-state index in [4.69, 9.17) is 9.97 Å². The molecule has 4 rings (SSSR count). The van der Waals surface area contributed by atoms with E-state index < -0.39 is 6.36 Å². The average molecular weight is 516 g/mol. The molecule has 196 valence electrons. The van der Waals surface area contributed by atoms with Crippen LogP contribution in [0, 0.1) is 6.92 Å². The van der Waals surface area contributed by atoms with E-state index in [1.807, 2.05) is 19.1 Å². The maximum absolute atomic E-state index is 12.4. The van der Waals surface area contributed by atoms with Crippen LogP contribution in [0.1, 0.15) is 17.7 Å². The van der Waals surface area contributed by atoms with Crippen LogP contribution in [0.15, 0.2) is 48.5 Å². The van der Waals surface area contributed by atoms with Gasteiger partial charge in [0.1, 0.15) is 5.75 Å². The van der Waals surface area contributed by atoms with Crippen LogP contribution in [-0.4, -0.2) is 71.6 Å². The van der Waals surface area contributed by atoms with Crippen molar-refractivity contribution in [2.24, 2.45) is 0 Å². The summed E-state index contributed by atoms with van der Waals surface area (Å²) in [6.07, 6.45) is -0.991. The summed E-state index contributed by atoms with van der Waals surface area (Å²) in [5, 5.41) is 12.8. The summed E-state index contributed by atoms with van der Waals surface area (Å²) in [4.78, 5) is 26.2. The molecule has 1 amide bonds. The second-order valence-electron chi connectivity index (χ2n) is 8.69. The van der Waals surface area contributed by atoms with Crippen LogP contribution in [0.5, 0.6) is 5.75 Å². The summed E-state index contributed by atoms with van der Waals surface area (Å²) < 4.78 is 40.7. The molecule has 1 saturated heterocycles. The number of fused-ring (bicyclic) bond motifs is 1. The summed E-state index contributed by atoms with van der Waals surface area (Å²) in [6.45, 7) is 6.10. The monoisotopic (exact) mass is 515 g/mol. The highest BCUT2D eigenvalue weighted by Crippen LogP contribution is 2.25. The lowest BCUT2D eigenvalue weighted by molar-refractivity contribution is -0.274. The molecule has 1 aliphatic rings. The molecular formula is C26H28F3N5O3. The van der Waals surface area contributed by atoms with Gasteiger partial charge in [-0.05, 0) is 61.9 Å². The fraction of sp³-hybridized carbons (Fsp3) is 0.346. The van der Waals surface area contributed by atoms with Gasteiger partial charge in [-0.15, -0.1) is 13.2 Å². The highest BCUT2D eigenvalue weighted by atomic mass is 19.4. The number of carbonyl (C=O) groups excluding carboxylic acids is 1. The van der Waals surface area contributed by atoms with Gasteiger partial charge in [-0.3, -0.25) is 9.69 Å². The summed E-state index contributed by atoms with van der Waals surface area (Å²) in [5.74, 6) is -0.0464. The molecule has 0 bridgehead atoms. The fourth-order valence-corrected chi connectivity index (χ4v) is 4.16. The van der Waals surface area contributed by atoms with Crippen molar-refractivity contribution >= 4 is 34.5 Å². The second-order valence-corrected chi connectivity index (χ2v) is 8.69. The molecule has 0 radical (unpaired) electrons. The Morgan fingerprint density at radius 2 is 1.89 bits per heavy atom. The molecule has 8 nitrogen and oxygen atoms in total. The number of carbonyl (C=O) groups is 1. The van der Waals surface area contributed by atoms with Crippen molar-refractivity contribution in [2.45, 2.75) is 19.7 Å². The van der Waals surface area contributed by atoms with E-state index >= 15 is 0 Å². The molecule has 2 heterocycles. The van der Waals surface area contributed by atoms with Crippen LogP contribution >= 0.6 is 0 Å². The lowest BCUT2D eigenvalue weighted by Crippen LogP contribution is -2.33. The van der Waals surface area contributed by atoms with E-state index in [1.54, 1.807) is 6.07 Å². The number of benzene rings is 2. The summed E-state index contributed by atoms with van der Waals surface area (Å²) in [5.41, 5.74) is 2.69. The zero-order chi connectivity index (χ0) is 26.4. The summed E-state index contributed by atoms with van der Waals surface area (Å²) in [6, 6.07) is 10.6. The molecule has 0 atom stereocenters. The molecule has 1 aliphatic heterocycles. The Labute approximate surface area is 212 Å². The van der Waals surface area contributed by atoms with E-state index in [0.717, 1.165) is 49.2 Å². The Balaban J connectivity index is 1.41. The van der Waals surface area contributed by atoms with Gasteiger partial charge in [0.2, 0.25) is 11.9 Å². The number of β-amino-alcohol motifs (C(OH)–C–C–N with tert-alkyl or cyclic N) is 1. The number of rotatable bonds is 7. The fourth-order valence-electron chi connectivity index (χ4n) is 4.16. The number of nitrogens with zero attached hydrogens (tertiary/aromatic N) is 4. The van der Waals surface area contributed by atoms with E-state index in [0.29, 0.717) is 23.7 Å². The number of nitrogens with one attached hydrogen (secondary N) is 1. The largest absolute Gasteiger partial charge is 0.573 e. The Morgan fingerprint density at radius 1 is 1.11 bits per heavy atom. The third-order valence-corrected chi connectivity index (χ3v) is 5.97. The van der Waals surface area contributed by atoms with Gasteiger partial charge in [-0.25, -0.2) is 9.97 Å². The van der Waals surface area contributed by atoms with E-state index in [-0.39, 0.29) is 18.3 Å². The lowest BCUT2D eigenvalue weighted by Gasteiger charge is -2.22. The van der Waals surface area contributed by atoms with Crippen molar-refractivity contribution in [3.05, 3.63) is 59.8 Å². The van der Waals surface area contributed by atoms with Crippen LogP contribution in [-0.2, 0) is 4.79 Å². The van der Waals surface area contributed by atoms with Crippen LogP contribution in [0.25, 0.3) is 17.0 Å². The minimum absolute atomic E-state index is 0.147. The lowest BCUT2D eigenvalue weighted by atomic mass is 10.1. The number of aliphatic hydroxyl groups excluding tert-OH is 1. The molecule has 37 heavy (non-hydrogen) atoms. The van der Waals surface area contributed by atoms with Crippen molar-refractivity contribution in [3.63, 3.8) is 0 Å². The van der Waals surface area contributed by atoms with Crippen molar-refractivity contribution < 1.29 is 27.8 Å². The molecule has 0 unspecified atom stereocenters. The highest BCUT2D eigenvalue weighted by molar-refractivity contribution is 6.03. The van der Waals surface area contributed by atoms with Crippen LogP contribution in [0.2, 0.25) is 0 Å². The van der Waals surface area contributed by atoms with Crippen molar-refractivity contribution in [3.8, 4) is 5.75 Å². The number of anilines is 2. The van der Waals surface area contributed by atoms with Gasteiger partial charge in [0.05, 0.1) is 17.8 Å². The zero-order valence-electron chi connectivity index (χ0n) is 20.3. The molecule has 0 aliphatic carbocycles. The number of aryl methyl sites for hydroxylation is 1. The predicted molar refractivity (Wildman–Crippen MR) is 135 cm³/mol. The van der Waals surface area contributed by atoms with Gasteiger partial charge in [0, 0.05) is 43.3 Å². The normalized spacial score (nSPS) is 15.2. The molecule has 3 aromatic rings. The van der Waals surface area contributed by atoms with Gasteiger partial charge in [-0.2, -0.15) is 0 Å². The number of alkyl halides is 3. The van der Waals surface area contributed by atoms with Gasteiger partial charge in [-0.1, -0.05) is 12.1 Å². The quantitative estimate of drug-likeness (QED) is 0.460. The molecular weight excluding hydrogens is 487 g/mol. The molecule has 11 heteroatoms. The van der Waals surface area contributed by atoms with Gasteiger partial charge >= 0.3 is 6.36 Å². The van der Waals surface area contributed by atoms with Crippen molar-refractivity contribution in [1.29, 1.82) is 0 Å². The zero-order valence-corrected chi connectivity index (χ0v) is 20.3. The van der Waals surface area contributed by atoms with E-state index in [2.05, 4.69) is 19.9 Å². The number of aromatic nitrogens is 2. The van der Waals surface area contributed by atoms with Gasteiger partial charge < -0.3 is 20.1 Å². The Morgan fingerprint density at radius 3 is 2.62 bits per heavy atom. The van der Waals surface area contributed by atoms with E-state index in [9.17, 15) is 23.1 Å².